The Hall–Kier alpha value is -1.56. The molecule has 20 heavy (non-hydrogen) atoms. The van der Waals surface area contributed by atoms with Crippen molar-refractivity contribution < 1.29 is 14.3 Å². The topological polar surface area (TPSA) is 59.9 Å². The van der Waals surface area contributed by atoms with Crippen LogP contribution in [0.3, 0.4) is 0 Å². The van der Waals surface area contributed by atoms with E-state index in [1.54, 1.807) is 20.8 Å². The summed E-state index contributed by atoms with van der Waals surface area (Å²) in [5.41, 5.74) is 2.53. The van der Waals surface area contributed by atoms with Gasteiger partial charge in [-0.05, 0) is 45.9 Å². The zero-order chi connectivity index (χ0) is 15.2. The van der Waals surface area contributed by atoms with Crippen LogP contribution >= 0.6 is 15.9 Å². The minimum Gasteiger partial charge on any atom is -0.493 e. The average molecular weight is 343 g/mol. The van der Waals surface area contributed by atoms with Crippen molar-refractivity contribution in [2.24, 2.45) is 5.10 Å². The summed E-state index contributed by atoms with van der Waals surface area (Å²) < 4.78 is 11.4. The quantitative estimate of drug-likeness (QED) is 0.670. The van der Waals surface area contributed by atoms with Gasteiger partial charge in [-0.2, -0.15) is 5.10 Å². The molecule has 0 unspecified atom stereocenters. The number of halogens is 1. The number of benzene rings is 1. The van der Waals surface area contributed by atoms with Crippen molar-refractivity contribution in [1.82, 2.24) is 5.43 Å². The molecule has 1 amide bonds. The molecule has 0 saturated heterocycles. The van der Waals surface area contributed by atoms with Gasteiger partial charge in [0.15, 0.2) is 0 Å². The number of rotatable bonds is 4. The molecule has 0 aromatic heterocycles. The molecule has 5 nitrogen and oxygen atoms in total. The Morgan fingerprint density at radius 3 is 2.75 bits per heavy atom. The first-order valence-corrected chi connectivity index (χ1v) is 7.05. The highest BCUT2D eigenvalue weighted by Crippen LogP contribution is 2.21. The van der Waals surface area contributed by atoms with E-state index in [0.29, 0.717) is 12.4 Å². The maximum atomic E-state index is 11.4. The van der Waals surface area contributed by atoms with Crippen LogP contribution in [0.25, 0.3) is 0 Å². The third-order valence-electron chi connectivity index (χ3n) is 2.03. The SMILES string of the molecule is CCOc1ccc(Br)cc1C=NNC(=O)OC(C)(C)C. The first-order valence-electron chi connectivity index (χ1n) is 6.26. The lowest BCUT2D eigenvalue weighted by molar-refractivity contribution is 0.0529. The molecule has 0 aliphatic rings. The number of hydrogen-bond acceptors (Lipinski definition) is 4. The number of hydrazone groups is 1. The van der Waals surface area contributed by atoms with Gasteiger partial charge in [-0.1, -0.05) is 15.9 Å². The third-order valence-corrected chi connectivity index (χ3v) is 2.52. The third kappa shape index (κ3) is 6.06. The Morgan fingerprint density at radius 1 is 1.45 bits per heavy atom. The number of carbonyl (C=O) groups is 1. The molecule has 0 aliphatic heterocycles. The first kappa shape index (κ1) is 16.5. The molecule has 1 N–H and O–H groups in total. The van der Waals surface area contributed by atoms with E-state index < -0.39 is 11.7 Å². The summed E-state index contributed by atoms with van der Waals surface area (Å²) in [6.07, 6.45) is 0.918. The fourth-order valence-electron chi connectivity index (χ4n) is 1.36. The lowest BCUT2D eigenvalue weighted by Gasteiger charge is -2.18. The molecule has 0 saturated carbocycles. The minimum atomic E-state index is -0.596. The summed E-state index contributed by atoms with van der Waals surface area (Å²) in [6.45, 7) is 7.83. The van der Waals surface area contributed by atoms with Crippen molar-refractivity contribution in [3.05, 3.63) is 28.2 Å². The van der Waals surface area contributed by atoms with Crippen molar-refractivity contribution in [3.63, 3.8) is 0 Å². The molecule has 0 atom stereocenters. The van der Waals surface area contributed by atoms with E-state index in [-0.39, 0.29) is 0 Å². The standard InChI is InChI=1S/C14H19BrN2O3/c1-5-19-12-7-6-11(15)8-10(12)9-16-17-13(18)20-14(2,3)4/h6-9H,5H2,1-4H3,(H,17,18). The van der Waals surface area contributed by atoms with Gasteiger partial charge in [0.05, 0.1) is 12.8 Å². The van der Waals surface area contributed by atoms with Crippen molar-refractivity contribution in [1.29, 1.82) is 0 Å². The molecule has 110 valence electrons. The molecule has 6 heteroatoms. The van der Waals surface area contributed by atoms with Crippen LogP contribution < -0.4 is 10.2 Å². The maximum Gasteiger partial charge on any atom is 0.428 e. The number of ether oxygens (including phenoxy) is 2. The Labute approximate surface area is 127 Å². The highest BCUT2D eigenvalue weighted by molar-refractivity contribution is 9.10. The van der Waals surface area contributed by atoms with E-state index in [0.717, 1.165) is 10.0 Å². The summed E-state index contributed by atoms with van der Waals surface area (Å²) in [6, 6.07) is 5.57. The molecule has 0 bridgehead atoms. The highest BCUT2D eigenvalue weighted by atomic mass is 79.9. The fraction of sp³-hybridized carbons (Fsp3) is 0.429. The van der Waals surface area contributed by atoms with Crippen LogP contribution in [-0.2, 0) is 4.74 Å². The van der Waals surface area contributed by atoms with Crippen LogP contribution in [0.4, 0.5) is 4.79 Å². The molecule has 0 heterocycles. The van der Waals surface area contributed by atoms with Crippen LogP contribution in [0.1, 0.15) is 33.3 Å². The number of amides is 1. The van der Waals surface area contributed by atoms with Gasteiger partial charge in [-0.25, -0.2) is 10.2 Å². The number of nitrogens with zero attached hydrogens (tertiary/aromatic N) is 1. The fourth-order valence-corrected chi connectivity index (χ4v) is 1.74. The van der Waals surface area contributed by atoms with E-state index in [2.05, 4.69) is 26.5 Å². The van der Waals surface area contributed by atoms with E-state index >= 15 is 0 Å². The van der Waals surface area contributed by atoms with Crippen molar-refractivity contribution in [2.75, 3.05) is 6.61 Å². The van der Waals surface area contributed by atoms with Crippen LogP contribution in [0.2, 0.25) is 0 Å². The molecule has 1 aromatic rings. The zero-order valence-corrected chi connectivity index (χ0v) is 13.7. The van der Waals surface area contributed by atoms with E-state index in [4.69, 9.17) is 9.47 Å². The van der Waals surface area contributed by atoms with Crippen molar-refractivity contribution >= 4 is 28.2 Å². The predicted molar refractivity (Wildman–Crippen MR) is 82.3 cm³/mol. The monoisotopic (exact) mass is 342 g/mol. The summed E-state index contributed by atoms with van der Waals surface area (Å²) in [5.74, 6) is 0.699. The largest absolute Gasteiger partial charge is 0.493 e. The Bertz CT molecular complexity index is 496. The predicted octanol–water partition coefficient (Wildman–Crippen LogP) is 3.71. The molecular formula is C14H19BrN2O3. The first-order chi connectivity index (χ1) is 9.31. The smallest absolute Gasteiger partial charge is 0.428 e. The summed E-state index contributed by atoms with van der Waals surface area (Å²) in [4.78, 5) is 11.4. The summed E-state index contributed by atoms with van der Waals surface area (Å²) >= 11 is 3.38. The lowest BCUT2D eigenvalue weighted by Crippen LogP contribution is -2.29. The second-order valence-corrected chi connectivity index (χ2v) is 5.90. The highest BCUT2D eigenvalue weighted by Gasteiger charge is 2.15. The number of carbonyl (C=O) groups excluding carboxylic acids is 1. The van der Waals surface area contributed by atoms with Gasteiger partial charge in [-0.3, -0.25) is 0 Å². The van der Waals surface area contributed by atoms with Gasteiger partial charge in [0.2, 0.25) is 0 Å². The second-order valence-electron chi connectivity index (χ2n) is 4.99. The van der Waals surface area contributed by atoms with Crippen molar-refractivity contribution in [3.8, 4) is 5.75 Å². The van der Waals surface area contributed by atoms with Gasteiger partial charge in [-0.15, -0.1) is 0 Å². The molecule has 0 spiro atoms. The lowest BCUT2D eigenvalue weighted by atomic mass is 10.2. The number of nitrogens with one attached hydrogen (secondary N) is 1. The Balaban J connectivity index is 2.70. The second kappa shape index (κ2) is 7.28. The molecule has 0 radical (unpaired) electrons. The maximum absolute atomic E-state index is 11.4. The molecule has 1 aromatic carbocycles. The Kier molecular flexibility index (Phi) is 6.01. The number of hydrogen-bond donors (Lipinski definition) is 1. The van der Waals surface area contributed by atoms with Crippen LogP contribution in [-0.4, -0.2) is 24.5 Å². The summed E-state index contributed by atoms with van der Waals surface area (Å²) in [5, 5.41) is 3.86. The van der Waals surface area contributed by atoms with Gasteiger partial charge in [0.1, 0.15) is 11.4 Å². The minimum absolute atomic E-state index is 0.550. The van der Waals surface area contributed by atoms with Gasteiger partial charge in [0, 0.05) is 10.0 Å². The van der Waals surface area contributed by atoms with Gasteiger partial charge < -0.3 is 9.47 Å². The van der Waals surface area contributed by atoms with Gasteiger partial charge >= 0.3 is 6.09 Å². The molecule has 1 rings (SSSR count). The molecule has 0 fully saturated rings. The average Bonchev–Trinajstić information content (AvgIpc) is 2.30. The Morgan fingerprint density at radius 2 is 2.15 bits per heavy atom. The van der Waals surface area contributed by atoms with E-state index in [1.165, 1.54) is 6.21 Å². The zero-order valence-electron chi connectivity index (χ0n) is 12.1. The van der Waals surface area contributed by atoms with E-state index in [9.17, 15) is 4.79 Å². The van der Waals surface area contributed by atoms with Crippen molar-refractivity contribution in [2.45, 2.75) is 33.3 Å². The molecule has 0 aliphatic carbocycles. The van der Waals surface area contributed by atoms with E-state index in [1.807, 2.05) is 25.1 Å². The van der Waals surface area contributed by atoms with Crippen LogP contribution in [0.15, 0.2) is 27.8 Å². The summed E-state index contributed by atoms with van der Waals surface area (Å²) in [7, 11) is 0. The van der Waals surface area contributed by atoms with Crippen LogP contribution in [0.5, 0.6) is 5.75 Å². The normalized spacial score (nSPS) is 11.4. The van der Waals surface area contributed by atoms with Gasteiger partial charge in [0.25, 0.3) is 0 Å². The molecular weight excluding hydrogens is 324 g/mol. The van der Waals surface area contributed by atoms with Crippen LogP contribution in [0, 0.1) is 0 Å².